The third kappa shape index (κ3) is 2.00. The third-order valence-corrected chi connectivity index (χ3v) is 3.13. The largest absolute Gasteiger partial charge is 0.494 e. The topological polar surface area (TPSA) is 61.5 Å². The maximum atomic E-state index is 11.7. The number of hydrogen-bond donors (Lipinski definition) is 1. The monoisotopic (exact) mass is 235 g/mol. The van der Waals surface area contributed by atoms with Crippen LogP contribution in [0.1, 0.15) is 24.0 Å². The van der Waals surface area contributed by atoms with Crippen molar-refractivity contribution in [2.24, 2.45) is 5.73 Å². The molecule has 4 nitrogen and oxygen atoms in total. The van der Waals surface area contributed by atoms with Crippen LogP contribution < -0.4 is 10.5 Å². The molecule has 0 heterocycles. The highest BCUT2D eigenvalue weighted by atomic mass is 16.5. The number of esters is 1. The maximum Gasteiger partial charge on any atom is 0.314 e. The van der Waals surface area contributed by atoms with Gasteiger partial charge in [-0.3, -0.25) is 4.79 Å². The lowest BCUT2D eigenvalue weighted by atomic mass is 9.99. The second-order valence-electron chi connectivity index (χ2n) is 4.13. The van der Waals surface area contributed by atoms with E-state index in [1.54, 1.807) is 0 Å². The van der Waals surface area contributed by atoms with Gasteiger partial charge < -0.3 is 15.2 Å². The summed E-state index contributed by atoms with van der Waals surface area (Å²) < 4.78 is 10.4. The van der Waals surface area contributed by atoms with Gasteiger partial charge in [0, 0.05) is 6.04 Å². The van der Waals surface area contributed by atoms with Gasteiger partial charge in [-0.2, -0.15) is 0 Å². The van der Waals surface area contributed by atoms with E-state index in [1.807, 2.05) is 25.1 Å². The number of fused-ring (bicyclic) bond motifs is 1. The summed E-state index contributed by atoms with van der Waals surface area (Å²) in [5, 5.41) is 0. The zero-order valence-electron chi connectivity index (χ0n) is 10.1. The van der Waals surface area contributed by atoms with Crippen molar-refractivity contribution in [1.82, 2.24) is 0 Å². The van der Waals surface area contributed by atoms with Gasteiger partial charge in [-0.1, -0.05) is 12.1 Å². The number of methoxy groups -OCH3 is 1. The molecule has 17 heavy (non-hydrogen) atoms. The first-order chi connectivity index (χ1) is 8.19. The van der Waals surface area contributed by atoms with E-state index in [0.717, 1.165) is 16.9 Å². The molecule has 0 saturated carbocycles. The molecular weight excluding hydrogens is 218 g/mol. The standard InChI is InChI=1S/C13H17NO3/c1-3-17-11-6-4-5-8-9(11)7-10(14)12(8)13(15)16-2/h4-6,10,12H,3,7,14H2,1-2H3. The molecule has 0 aromatic heterocycles. The summed E-state index contributed by atoms with van der Waals surface area (Å²) in [6.45, 7) is 2.54. The molecule has 1 aromatic rings. The zero-order valence-corrected chi connectivity index (χ0v) is 10.1. The van der Waals surface area contributed by atoms with Crippen LogP contribution in [0.15, 0.2) is 18.2 Å². The average Bonchev–Trinajstić information content (AvgIpc) is 2.66. The number of carbonyl (C=O) groups is 1. The molecule has 0 spiro atoms. The molecule has 2 unspecified atom stereocenters. The average molecular weight is 235 g/mol. The van der Waals surface area contributed by atoms with Crippen LogP contribution in [-0.4, -0.2) is 25.7 Å². The first kappa shape index (κ1) is 11.9. The van der Waals surface area contributed by atoms with Crippen LogP contribution in [0, 0.1) is 0 Å². The zero-order chi connectivity index (χ0) is 12.4. The van der Waals surface area contributed by atoms with Crippen molar-refractivity contribution in [1.29, 1.82) is 0 Å². The fourth-order valence-corrected chi connectivity index (χ4v) is 2.40. The van der Waals surface area contributed by atoms with Gasteiger partial charge in [0.15, 0.2) is 0 Å². The molecule has 1 aromatic carbocycles. The Morgan fingerprint density at radius 1 is 1.53 bits per heavy atom. The molecule has 0 amide bonds. The molecule has 2 N–H and O–H groups in total. The molecule has 0 aliphatic heterocycles. The quantitative estimate of drug-likeness (QED) is 0.800. The molecule has 0 fully saturated rings. The van der Waals surface area contributed by atoms with Crippen molar-refractivity contribution in [3.8, 4) is 5.75 Å². The lowest BCUT2D eigenvalue weighted by Gasteiger charge is -2.13. The van der Waals surface area contributed by atoms with Crippen molar-refractivity contribution in [2.75, 3.05) is 13.7 Å². The molecule has 0 radical (unpaired) electrons. The number of benzene rings is 1. The molecule has 4 heteroatoms. The highest BCUT2D eigenvalue weighted by molar-refractivity contribution is 5.81. The Morgan fingerprint density at radius 3 is 2.94 bits per heavy atom. The van der Waals surface area contributed by atoms with Crippen LogP contribution in [0.25, 0.3) is 0 Å². The molecule has 0 saturated heterocycles. The fourth-order valence-electron chi connectivity index (χ4n) is 2.40. The van der Waals surface area contributed by atoms with Crippen LogP contribution in [0.2, 0.25) is 0 Å². The Bertz CT molecular complexity index is 431. The van der Waals surface area contributed by atoms with Crippen molar-refractivity contribution in [3.05, 3.63) is 29.3 Å². The lowest BCUT2D eigenvalue weighted by molar-refractivity contribution is -0.142. The summed E-state index contributed by atoms with van der Waals surface area (Å²) in [5.41, 5.74) is 7.99. The summed E-state index contributed by atoms with van der Waals surface area (Å²) in [5.74, 6) is 0.187. The van der Waals surface area contributed by atoms with Gasteiger partial charge in [0.2, 0.25) is 0 Å². The van der Waals surface area contributed by atoms with Gasteiger partial charge in [-0.15, -0.1) is 0 Å². The normalized spacial score (nSPS) is 22.1. The Morgan fingerprint density at radius 2 is 2.29 bits per heavy atom. The molecule has 1 aliphatic carbocycles. The van der Waals surface area contributed by atoms with Crippen LogP contribution in [0.3, 0.4) is 0 Å². The molecule has 1 aliphatic rings. The SMILES string of the molecule is CCOc1cccc2c1CC(N)C2C(=O)OC. The number of carbonyl (C=O) groups excluding carboxylic acids is 1. The van der Waals surface area contributed by atoms with E-state index in [2.05, 4.69) is 0 Å². The predicted octanol–water partition coefficient (Wildman–Crippen LogP) is 1.23. The van der Waals surface area contributed by atoms with E-state index in [1.165, 1.54) is 7.11 Å². The van der Waals surface area contributed by atoms with Crippen LogP contribution >= 0.6 is 0 Å². The van der Waals surface area contributed by atoms with Gasteiger partial charge in [0.05, 0.1) is 19.6 Å². The molecular formula is C13H17NO3. The van der Waals surface area contributed by atoms with Crippen LogP contribution in [0.4, 0.5) is 0 Å². The summed E-state index contributed by atoms with van der Waals surface area (Å²) >= 11 is 0. The first-order valence-corrected chi connectivity index (χ1v) is 5.77. The van der Waals surface area contributed by atoms with Crippen LogP contribution in [-0.2, 0) is 16.0 Å². The minimum absolute atomic E-state index is 0.223. The molecule has 2 rings (SSSR count). The Labute approximate surface area is 101 Å². The summed E-state index contributed by atoms with van der Waals surface area (Å²) in [6.07, 6.45) is 0.658. The van der Waals surface area contributed by atoms with E-state index < -0.39 is 0 Å². The van der Waals surface area contributed by atoms with E-state index in [9.17, 15) is 4.79 Å². The number of ether oxygens (including phenoxy) is 2. The molecule has 2 atom stereocenters. The van der Waals surface area contributed by atoms with Crippen molar-refractivity contribution < 1.29 is 14.3 Å². The number of nitrogens with two attached hydrogens (primary N) is 1. The lowest BCUT2D eigenvalue weighted by Crippen LogP contribution is -2.31. The summed E-state index contributed by atoms with van der Waals surface area (Å²) in [4.78, 5) is 11.7. The minimum Gasteiger partial charge on any atom is -0.494 e. The van der Waals surface area contributed by atoms with Crippen LogP contribution in [0.5, 0.6) is 5.75 Å². The van der Waals surface area contributed by atoms with Gasteiger partial charge in [-0.25, -0.2) is 0 Å². The van der Waals surface area contributed by atoms with Crippen molar-refractivity contribution in [3.63, 3.8) is 0 Å². The highest BCUT2D eigenvalue weighted by Crippen LogP contribution is 2.38. The van der Waals surface area contributed by atoms with Crippen molar-refractivity contribution in [2.45, 2.75) is 25.3 Å². The van der Waals surface area contributed by atoms with Crippen molar-refractivity contribution >= 4 is 5.97 Å². The fraction of sp³-hybridized carbons (Fsp3) is 0.462. The van der Waals surface area contributed by atoms with E-state index in [0.29, 0.717) is 13.0 Å². The Kier molecular flexibility index (Phi) is 3.33. The second kappa shape index (κ2) is 4.75. The Hall–Kier alpha value is -1.55. The van der Waals surface area contributed by atoms with Gasteiger partial charge in [0.1, 0.15) is 5.75 Å². The highest BCUT2D eigenvalue weighted by Gasteiger charge is 2.37. The van der Waals surface area contributed by atoms with E-state index >= 15 is 0 Å². The minimum atomic E-state index is -0.365. The Balaban J connectivity index is 2.40. The smallest absolute Gasteiger partial charge is 0.314 e. The summed E-state index contributed by atoms with van der Waals surface area (Å²) in [7, 11) is 1.39. The first-order valence-electron chi connectivity index (χ1n) is 5.77. The molecule has 0 bridgehead atoms. The number of hydrogen-bond acceptors (Lipinski definition) is 4. The van der Waals surface area contributed by atoms with E-state index in [4.69, 9.17) is 15.2 Å². The van der Waals surface area contributed by atoms with E-state index in [-0.39, 0.29) is 17.9 Å². The third-order valence-electron chi connectivity index (χ3n) is 3.13. The van der Waals surface area contributed by atoms with Gasteiger partial charge in [0.25, 0.3) is 0 Å². The van der Waals surface area contributed by atoms with Gasteiger partial charge >= 0.3 is 5.97 Å². The van der Waals surface area contributed by atoms with Gasteiger partial charge in [-0.05, 0) is 30.5 Å². The summed E-state index contributed by atoms with van der Waals surface area (Å²) in [6, 6.07) is 5.50. The predicted molar refractivity (Wildman–Crippen MR) is 64.0 cm³/mol. The maximum absolute atomic E-state index is 11.7. The second-order valence-corrected chi connectivity index (χ2v) is 4.13. The number of rotatable bonds is 3. The molecule has 92 valence electrons.